The summed E-state index contributed by atoms with van der Waals surface area (Å²) in [7, 11) is 1.74. The van der Waals surface area contributed by atoms with Crippen molar-refractivity contribution >= 4 is 11.6 Å². The summed E-state index contributed by atoms with van der Waals surface area (Å²) in [6, 6.07) is 7.55. The summed E-state index contributed by atoms with van der Waals surface area (Å²) >= 11 is 0. The van der Waals surface area contributed by atoms with E-state index >= 15 is 0 Å². The van der Waals surface area contributed by atoms with Crippen molar-refractivity contribution < 1.29 is 4.79 Å². The minimum absolute atomic E-state index is 0.0769. The molecule has 1 N–H and O–H groups in total. The van der Waals surface area contributed by atoms with Gasteiger partial charge in [0, 0.05) is 17.7 Å². The first-order valence-electron chi connectivity index (χ1n) is 12.5. The monoisotopic (exact) mass is 439 g/mol. The molecular weight excluding hydrogens is 398 g/mol. The number of rotatable bonds is 17. The number of amides is 1. The number of carbonyl (C=O) groups is 1. The molecule has 0 atom stereocenters. The molecule has 1 amide bonds. The van der Waals surface area contributed by atoms with Crippen molar-refractivity contribution in [1.29, 1.82) is 0 Å². The molecule has 176 valence electrons. The van der Waals surface area contributed by atoms with Crippen LogP contribution in [-0.2, 0) is 11.8 Å². The Balaban J connectivity index is 1.44. The van der Waals surface area contributed by atoms with E-state index in [0.29, 0.717) is 12.2 Å². The molecule has 0 saturated heterocycles. The van der Waals surface area contributed by atoms with Crippen molar-refractivity contribution in [2.24, 2.45) is 7.05 Å². The number of tetrazole rings is 1. The number of aryl methyl sites for hydroxylation is 1. The maximum atomic E-state index is 12.1. The topological polar surface area (TPSA) is 72.7 Å². The van der Waals surface area contributed by atoms with Gasteiger partial charge in [0.25, 0.3) is 0 Å². The minimum atomic E-state index is 0.0769. The molecule has 6 nitrogen and oxygen atoms in total. The summed E-state index contributed by atoms with van der Waals surface area (Å²) in [6.45, 7) is 2.27. The summed E-state index contributed by atoms with van der Waals surface area (Å²) in [6.07, 6.45) is 21.7. The van der Waals surface area contributed by atoms with Gasteiger partial charge < -0.3 is 5.32 Å². The number of allylic oxidation sites excluding steroid dienone is 2. The van der Waals surface area contributed by atoms with Crippen molar-refractivity contribution in [3.05, 3.63) is 36.4 Å². The lowest BCUT2D eigenvalue weighted by Crippen LogP contribution is -2.10. The second kappa shape index (κ2) is 16.2. The number of carbonyl (C=O) groups excluding carboxylic acids is 1. The van der Waals surface area contributed by atoms with E-state index in [1.807, 2.05) is 24.3 Å². The Labute approximate surface area is 193 Å². The second-order valence-corrected chi connectivity index (χ2v) is 8.56. The van der Waals surface area contributed by atoms with Crippen LogP contribution >= 0.6 is 0 Å². The molecule has 0 bridgehead atoms. The van der Waals surface area contributed by atoms with Crippen LogP contribution in [0.4, 0.5) is 5.69 Å². The van der Waals surface area contributed by atoms with E-state index in [1.54, 1.807) is 7.05 Å². The Morgan fingerprint density at radius 2 is 1.47 bits per heavy atom. The molecule has 2 aromatic rings. The standard InChI is InChI=1S/C26H41N5O/c1-3-4-5-6-7-8-9-10-11-12-13-14-15-16-17-18-25(32)27-24-21-19-23(20-22-24)26-28-30-31(2)29-26/h10-11,19-22H,3-9,12-18H2,1-2H3,(H,27,32)/b11-10-. The lowest BCUT2D eigenvalue weighted by Gasteiger charge is -2.06. The highest BCUT2D eigenvalue weighted by Gasteiger charge is 2.06. The fourth-order valence-corrected chi connectivity index (χ4v) is 3.68. The number of benzene rings is 1. The van der Waals surface area contributed by atoms with Crippen molar-refractivity contribution in [1.82, 2.24) is 20.2 Å². The van der Waals surface area contributed by atoms with Crippen LogP contribution in [0.3, 0.4) is 0 Å². The zero-order valence-electron chi connectivity index (χ0n) is 20.1. The first kappa shape index (κ1) is 25.8. The molecule has 1 aromatic carbocycles. The number of aromatic nitrogens is 4. The lowest BCUT2D eigenvalue weighted by atomic mass is 10.1. The normalized spacial score (nSPS) is 11.3. The third-order valence-corrected chi connectivity index (χ3v) is 5.60. The quantitative estimate of drug-likeness (QED) is 0.216. The van der Waals surface area contributed by atoms with E-state index < -0.39 is 0 Å². The molecule has 0 aliphatic heterocycles. The van der Waals surface area contributed by atoms with E-state index in [1.165, 1.54) is 75.4 Å². The van der Waals surface area contributed by atoms with Gasteiger partial charge in [0.05, 0.1) is 7.05 Å². The molecule has 0 spiro atoms. The Hall–Kier alpha value is -2.50. The Morgan fingerprint density at radius 1 is 0.875 bits per heavy atom. The average Bonchev–Trinajstić information content (AvgIpc) is 3.23. The van der Waals surface area contributed by atoms with Crippen molar-refractivity contribution in [2.45, 2.75) is 96.8 Å². The van der Waals surface area contributed by atoms with Gasteiger partial charge in [0.2, 0.25) is 11.7 Å². The zero-order chi connectivity index (χ0) is 22.9. The predicted molar refractivity (Wildman–Crippen MR) is 132 cm³/mol. The molecule has 2 rings (SSSR count). The average molecular weight is 440 g/mol. The molecule has 6 heteroatoms. The van der Waals surface area contributed by atoms with E-state index in [4.69, 9.17) is 0 Å². The van der Waals surface area contributed by atoms with Gasteiger partial charge >= 0.3 is 0 Å². The van der Waals surface area contributed by atoms with Crippen LogP contribution in [-0.4, -0.2) is 26.1 Å². The van der Waals surface area contributed by atoms with Crippen LogP contribution in [0.25, 0.3) is 11.4 Å². The molecular formula is C26H41N5O. The van der Waals surface area contributed by atoms with Gasteiger partial charge in [0.1, 0.15) is 0 Å². The van der Waals surface area contributed by atoms with Crippen LogP contribution in [0.5, 0.6) is 0 Å². The number of hydrogen-bond donors (Lipinski definition) is 1. The SMILES string of the molecule is CCCCCCCC/C=C\CCCCCCCC(=O)Nc1ccc(-c2nnn(C)n2)cc1. The van der Waals surface area contributed by atoms with Gasteiger partial charge in [-0.25, -0.2) is 0 Å². The fourth-order valence-electron chi connectivity index (χ4n) is 3.68. The summed E-state index contributed by atoms with van der Waals surface area (Å²) in [5.41, 5.74) is 1.68. The molecule has 0 aliphatic carbocycles. The Bertz CT molecular complexity index is 782. The molecule has 0 fully saturated rings. The molecule has 0 saturated carbocycles. The third kappa shape index (κ3) is 11.2. The smallest absolute Gasteiger partial charge is 0.224 e. The van der Waals surface area contributed by atoms with E-state index in [2.05, 4.69) is 39.8 Å². The van der Waals surface area contributed by atoms with Gasteiger partial charge in [-0.3, -0.25) is 4.79 Å². The van der Waals surface area contributed by atoms with Crippen LogP contribution < -0.4 is 5.32 Å². The Kier molecular flexibility index (Phi) is 13.0. The van der Waals surface area contributed by atoms with Gasteiger partial charge in [-0.1, -0.05) is 70.4 Å². The highest BCUT2D eigenvalue weighted by molar-refractivity contribution is 5.90. The van der Waals surface area contributed by atoms with E-state index in [0.717, 1.165) is 24.1 Å². The molecule has 32 heavy (non-hydrogen) atoms. The molecule has 1 heterocycles. The van der Waals surface area contributed by atoms with Crippen LogP contribution in [0.2, 0.25) is 0 Å². The number of nitrogens with one attached hydrogen (secondary N) is 1. The largest absolute Gasteiger partial charge is 0.326 e. The number of anilines is 1. The third-order valence-electron chi connectivity index (χ3n) is 5.60. The first-order chi connectivity index (χ1) is 15.7. The van der Waals surface area contributed by atoms with Gasteiger partial charge in [-0.15, -0.1) is 10.2 Å². The lowest BCUT2D eigenvalue weighted by molar-refractivity contribution is -0.116. The van der Waals surface area contributed by atoms with E-state index in [9.17, 15) is 4.79 Å². The summed E-state index contributed by atoms with van der Waals surface area (Å²) in [5.74, 6) is 0.659. The van der Waals surface area contributed by atoms with Crippen LogP contribution in [0.1, 0.15) is 96.8 Å². The number of unbranched alkanes of at least 4 members (excludes halogenated alkanes) is 11. The number of hydrogen-bond acceptors (Lipinski definition) is 4. The molecule has 1 aromatic heterocycles. The maximum Gasteiger partial charge on any atom is 0.224 e. The fraction of sp³-hybridized carbons (Fsp3) is 0.615. The predicted octanol–water partition coefficient (Wildman–Crippen LogP) is 6.85. The maximum absolute atomic E-state index is 12.1. The van der Waals surface area contributed by atoms with Crippen molar-refractivity contribution in [3.8, 4) is 11.4 Å². The number of nitrogens with zero attached hydrogens (tertiary/aromatic N) is 4. The Morgan fingerprint density at radius 3 is 2.06 bits per heavy atom. The van der Waals surface area contributed by atoms with Gasteiger partial charge in [-0.05, 0) is 61.6 Å². The summed E-state index contributed by atoms with van der Waals surface area (Å²) < 4.78 is 0. The van der Waals surface area contributed by atoms with Crippen molar-refractivity contribution in [3.63, 3.8) is 0 Å². The first-order valence-corrected chi connectivity index (χ1v) is 12.5. The zero-order valence-corrected chi connectivity index (χ0v) is 20.1. The minimum Gasteiger partial charge on any atom is -0.326 e. The molecule has 0 radical (unpaired) electrons. The van der Waals surface area contributed by atoms with Crippen LogP contribution in [0, 0.1) is 0 Å². The highest BCUT2D eigenvalue weighted by Crippen LogP contribution is 2.17. The molecule has 0 unspecified atom stereocenters. The van der Waals surface area contributed by atoms with Gasteiger partial charge in [-0.2, -0.15) is 4.80 Å². The summed E-state index contributed by atoms with van der Waals surface area (Å²) in [5, 5.41) is 15.0. The highest BCUT2D eigenvalue weighted by atomic mass is 16.1. The molecule has 0 aliphatic rings. The van der Waals surface area contributed by atoms with Crippen LogP contribution in [0.15, 0.2) is 36.4 Å². The van der Waals surface area contributed by atoms with Gasteiger partial charge in [0.15, 0.2) is 0 Å². The van der Waals surface area contributed by atoms with E-state index in [-0.39, 0.29) is 5.91 Å². The second-order valence-electron chi connectivity index (χ2n) is 8.56. The summed E-state index contributed by atoms with van der Waals surface area (Å²) in [4.78, 5) is 13.6. The van der Waals surface area contributed by atoms with Crippen molar-refractivity contribution in [2.75, 3.05) is 5.32 Å².